The standard InChI is InChI=1S/C15H28N4/c1-4-12(11-9-7-6-8-10-11)17-15-14(16)13(5-2)18-19(15)3/h11-12,17H,4-10,16H2,1-3H3. The molecule has 4 nitrogen and oxygen atoms in total. The van der Waals surface area contributed by atoms with Crippen molar-refractivity contribution in [2.45, 2.75) is 64.8 Å². The smallest absolute Gasteiger partial charge is 0.148 e. The van der Waals surface area contributed by atoms with Gasteiger partial charge in [0.1, 0.15) is 5.82 Å². The molecule has 1 unspecified atom stereocenters. The molecule has 1 saturated carbocycles. The van der Waals surface area contributed by atoms with E-state index in [-0.39, 0.29) is 0 Å². The van der Waals surface area contributed by atoms with Crippen LogP contribution < -0.4 is 11.1 Å². The summed E-state index contributed by atoms with van der Waals surface area (Å²) < 4.78 is 1.90. The van der Waals surface area contributed by atoms with E-state index in [1.807, 2.05) is 11.7 Å². The fourth-order valence-corrected chi connectivity index (χ4v) is 3.29. The first kappa shape index (κ1) is 14.2. The predicted molar refractivity (Wildman–Crippen MR) is 81.3 cm³/mol. The topological polar surface area (TPSA) is 55.9 Å². The van der Waals surface area contributed by atoms with Crippen molar-refractivity contribution in [3.05, 3.63) is 5.69 Å². The van der Waals surface area contributed by atoms with Crippen LogP contribution in [0.1, 0.15) is 58.1 Å². The van der Waals surface area contributed by atoms with Crippen LogP contribution >= 0.6 is 0 Å². The van der Waals surface area contributed by atoms with E-state index < -0.39 is 0 Å². The highest BCUT2D eigenvalue weighted by Gasteiger charge is 2.24. The van der Waals surface area contributed by atoms with Crippen molar-refractivity contribution in [2.24, 2.45) is 13.0 Å². The van der Waals surface area contributed by atoms with E-state index >= 15 is 0 Å². The van der Waals surface area contributed by atoms with Gasteiger partial charge in [0.05, 0.1) is 11.4 Å². The lowest BCUT2D eigenvalue weighted by molar-refractivity contribution is 0.312. The summed E-state index contributed by atoms with van der Waals surface area (Å²) in [4.78, 5) is 0. The Hall–Kier alpha value is -1.19. The third kappa shape index (κ3) is 3.04. The van der Waals surface area contributed by atoms with Gasteiger partial charge in [-0.05, 0) is 31.6 Å². The highest BCUT2D eigenvalue weighted by Crippen LogP contribution is 2.31. The molecule has 4 heteroatoms. The molecule has 0 aromatic carbocycles. The van der Waals surface area contributed by atoms with Gasteiger partial charge in [-0.25, -0.2) is 0 Å². The SMILES string of the molecule is CCc1nn(C)c(NC(CC)C2CCCCC2)c1N. The number of hydrogen-bond acceptors (Lipinski definition) is 3. The first-order valence-electron chi connectivity index (χ1n) is 7.75. The van der Waals surface area contributed by atoms with Crippen molar-refractivity contribution in [2.75, 3.05) is 11.1 Å². The van der Waals surface area contributed by atoms with Crippen molar-refractivity contribution in [1.82, 2.24) is 9.78 Å². The summed E-state index contributed by atoms with van der Waals surface area (Å²) in [5.74, 6) is 1.80. The van der Waals surface area contributed by atoms with Crippen LogP contribution in [0, 0.1) is 5.92 Å². The molecule has 0 aliphatic heterocycles. The van der Waals surface area contributed by atoms with Gasteiger partial charge in [-0.15, -0.1) is 0 Å². The number of aromatic nitrogens is 2. The molecule has 1 heterocycles. The van der Waals surface area contributed by atoms with Crippen LogP contribution in [-0.4, -0.2) is 15.8 Å². The van der Waals surface area contributed by atoms with Gasteiger partial charge >= 0.3 is 0 Å². The Kier molecular flexibility index (Phi) is 4.72. The molecule has 1 aromatic rings. The van der Waals surface area contributed by atoms with E-state index in [0.717, 1.165) is 36.0 Å². The maximum Gasteiger partial charge on any atom is 0.148 e. The van der Waals surface area contributed by atoms with Crippen molar-refractivity contribution >= 4 is 11.5 Å². The van der Waals surface area contributed by atoms with Crippen LogP contribution in [0.25, 0.3) is 0 Å². The Balaban J connectivity index is 2.11. The van der Waals surface area contributed by atoms with E-state index in [2.05, 4.69) is 24.3 Å². The summed E-state index contributed by atoms with van der Waals surface area (Å²) in [6.07, 6.45) is 8.90. The second kappa shape index (κ2) is 6.31. The van der Waals surface area contributed by atoms with Crippen molar-refractivity contribution in [3.8, 4) is 0 Å². The Morgan fingerprint density at radius 1 is 1.32 bits per heavy atom. The molecular weight excluding hydrogens is 236 g/mol. The quantitative estimate of drug-likeness (QED) is 0.857. The van der Waals surface area contributed by atoms with Gasteiger partial charge in [-0.2, -0.15) is 5.10 Å². The number of nitrogens with one attached hydrogen (secondary N) is 1. The number of nitrogens with zero attached hydrogens (tertiary/aromatic N) is 2. The molecule has 1 atom stereocenters. The average molecular weight is 264 g/mol. The van der Waals surface area contributed by atoms with Crippen molar-refractivity contribution < 1.29 is 0 Å². The molecule has 0 spiro atoms. The normalized spacial score (nSPS) is 18.5. The zero-order valence-corrected chi connectivity index (χ0v) is 12.6. The van der Waals surface area contributed by atoms with Gasteiger partial charge in [-0.3, -0.25) is 4.68 Å². The highest BCUT2D eigenvalue weighted by atomic mass is 15.3. The summed E-state index contributed by atoms with van der Waals surface area (Å²) in [7, 11) is 1.98. The Labute approximate surface area is 116 Å². The summed E-state index contributed by atoms with van der Waals surface area (Å²) in [6.45, 7) is 4.36. The Morgan fingerprint density at radius 2 is 2.00 bits per heavy atom. The molecule has 1 fully saturated rings. The van der Waals surface area contributed by atoms with Crippen LogP contribution in [0.15, 0.2) is 0 Å². The lowest BCUT2D eigenvalue weighted by Gasteiger charge is -2.31. The van der Waals surface area contributed by atoms with Gasteiger partial charge in [-0.1, -0.05) is 33.1 Å². The lowest BCUT2D eigenvalue weighted by atomic mass is 9.83. The van der Waals surface area contributed by atoms with Crippen LogP contribution in [-0.2, 0) is 13.5 Å². The number of aryl methyl sites for hydroxylation is 2. The minimum Gasteiger partial charge on any atom is -0.394 e. The minimum atomic E-state index is 0.530. The zero-order chi connectivity index (χ0) is 13.8. The summed E-state index contributed by atoms with van der Waals surface area (Å²) in [5.41, 5.74) is 8.04. The maximum absolute atomic E-state index is 6.20. The Morgan fingerprint density at radius 3 is 2.53 bits per heavy atom. The van der Waals surface area contributed by atoms with Gasteiger partial charge in [0.25, 0.3) is 0 Å². The first-order valence-corrected chi connectivity index (χ1v) is 7.75. The molecule has 0 amide bonds. The number of rotatable bonds is 5. The molecule has 0 radical (unpaired) electrons. The van der Waals surface area contributed by atoms with E-state index in [0.29, 0.717) is 6.04 Å². The number of hydrogen-bond donors (Lipinski definition) is 2. The molecule has 2 rings (SSSR count). The average Bonchev–Trinajstić information content (AvgIpc) is 2.72. The molecule has 0 bridgehead atoms. The van der Waals surface area contributed by atoms with E-state index in [9.17, 15) is 0 Å². The van der Waals surface area contributed by atoms with Gasteiger partial charge in [0.2, 0.25) is 0 Å². The minimum absolute atomic E-state index is 0.530. The van der Waals surface area contributed by atoms with Crippen molar-refractivity contribution in [3.63, 3.8) is 0 Å². The summed E-state index contributed by atoms with van der Waals surface area (Å²) >= 11 is 0. The molecule has 108 valence electrons. The third-order valence-electron chi connectivity index (χ3n) is 4.48. The second-order valence-corrected chi connectivity index (χ2v) is 5.74. The first-order chi connectivity index (χ1) is 9.17. The maximum atomic E-state index is 6.20. The zero-order valence-electron chi connectivity index (χ0n) is 12.6. The molecule has 1 aliphatic rings. The van der Waals surface area contributed by atoms with Gasteiger partial charge < -0.3 is 11.1 Å². The van der Waals surface area contributed by atoms with E-state index in [1.54, 1.807) is 0 Å². The summed E-state index contributed by atoms with van der Waals surface area (Å²) in [6, 6.07) is 0.530. The van der Waals surface area contributed by atoms with Crippen LogP contribution in [0.4, 0.5) is 11.5 Å². The second-order valence-electron chi connectivity index (χ2n) is 5.74. The molecule has 19 heavy (non-hydrogen) atoms. The number of nitrogen functional groups attached to an aromatic ring is 1. The Bertz CT molecular complexity index is 405. The summed E-state index contributed by atoms with van der Waals surface area (Å²) in [5, 5.41) is 8.16. The fraction of sp³-hybridized carbons (Fsp3) is 0.800. The fourth-order valence-electron chi connectivity index (χ4n) is 3.29. The van der Waals surface area contributed by atoms with Crippen LogP contribution in [0.3, 0.4) is 0 Å². The van der Waals surface area contributed by atoms with Crippen molar-refractivity contribution in [1.29, 1.82) is 0 Å². The molecule has 3 N–H and O–H groups in total. The van der Waals surface area contributed by atoms with Gasteiger partial charge in [0, 0.05) is 13.1 Å². The van der Waals surface area contributed by atoms with E-state index in [1.165, 1.54) is 32.1 Å². The monoisotopic (exact) mass is 264 g/mol. The molecule has 0 saturated heterocycles. The van der Waals surface area contributed by atoms with E-state index in [4.69, 9.17) is 5.73 Å². The predicted octanol–water partition coefficient (Wildman–Crippen LogP) is 3.34. The highest BCUT2D eigenvalue weighted by molar-refractivity contribution is 5.65. The van der Waals surface area contributed by atoms with Gasteiger partial charge in [0.15, 0.2) is 0 Å². The third-order valence-corrected chi connectivity index (χ3v) is 4.48. The lowest BCUT2D eigenvalue weighted by Crippen LogP contribution is -2.31. The number of nitrogens with two attached hydrogens (primary N) is 1. The molecule has 1 aromatic heterocycles. The molecule has 1 aliphatic carbocycles. The largest absolute Gasteiger partial charge is 0.394 e. The molecular formula is C15H28N4. The van der Waals surface area contributed by atoms with Crippen LogP contribution in [0.2, 0.25) is 0 Å². The van der Waals surface area contributed by atoms with Crippen LogP contribution in [0.5, 0.6) is 0 Å². The number of anilines is 2.